The second-order valence-electron chi connectivity index (χ2n) is 3.64. The molecule has 0 fully saturated rings. The zero-order valence-corrected chi connectivity index (χ0v) is 11.4. The Bertz CT molecular complexity index is 478. The van der Waals surface area contributed by atoms with Gasteiger partial charge in [0.15, 0.2) is 0 Å². The molecule has 0 bridgehead atoms. The monoisotopic (exact) mass is 296 g/mol. The van der Waals surface area contributed by atoms with Gasteiger partial charge in [0, 0.05) is 4.88 Å². The van der Waals surface area contributed by atoms with E-state index in [0.717, 1.165) is 20.6 Å². The van der Waals surface area contributed by atoms with Gasteiger partial charge in [-0.2, -0.15) is 0 Å². The van der Waals surface area contributed by atoms with E-state index in [1.165, 1.54) is 5.56 Å². The molecule has 84 valence electrons. The molecule has 2 rings (SSSR count). The van der Waals surface area contributed by atoms with E-state index < -0.39 is 6.10 Å². The molecule has 0 spiro atoms. The molecule has 0 amide bonds. The summed E-state index contributed by atoms with van der Waals surface area (Å²) in [6.45, 7) is 2.12. The quantitative estimate of drug-likeness (QED) is 0.902. The van der Waals surface area contributed by atoms with E-state index in [1.54, 1.807) is 11.3 Å². The van der Waals surface area contributed by atoms with Gasteiger partial charge in [0.2, 0.25) is 0 Å². The standard InChI is InChI=1S/C13H13BrOS/c1-2-9-4-3-5-10(8-9)13(15)11-6-7-12(14)16-11/h3-8,13,15H,2H2,1H3. The van der Waals surface area contributed by atoms with Crippen molar-refractivity contribution in [2.45, 2.75) is 19.4 Å². The fraction of sp³-hybridized carbons (Fsp3) is 0.231. The summed E-state index contributed by atoms with van der Waals surface area (Å²) in [7, 11) is 0. The van der Waals surface area contributed by atoms with Crippen molar-refractivity contribution in [3.8, 4) is 0 Å². The third-order valence-corrected chi connectivity index (χ3v) is 4.21. The lowest BCUT2D eigenvalue weighted by molar-refractivity contribution is 0.224. The van der Waals surface area contributed by atoms with E-state index in [9.17, 15) is 5.11 Å². The van der Waals surface area contributed by atoms with Gasteiger partial charge in [-0.15, -0.1) is 11.3 Å². The Morgan fingerprint density at radius 3 is 2.75 bits per heavy atom. The molecule has 16 heavy (non-hydrogen) atoms. The average molecular weight is 297 g/mol. The van der Waals surface area contributed by atoms with Crippen molar-refractivity contribution >= 4 is 27.3 Å². The molecule has 0 saturated heterocycles. The summed E-state index contributed by atoms with van der Waals surface area (Å²) in [5.41, 5.74) is 2.22. The lowest BCUT2D eigenvalue weighted by Gasteiger charge is -2.10. The highest BCUT2D eigenvalue weighted by atomic mass is 79.9. The zero-order chi connectivity index (χ0) is 11.5. The van der Waals surface area contributed by atoms with Crippen molar-refractivity contribution in [3.63, 3.8) is 0 Å². The molecule has 1 N–H and O–H groups in total. The first-order chi connectivity index (χ1) is 7.70. The summed E-state index contributed by atoms with van der Waals surface area (Å²) in [5, 5.41) is 10.2. The van der Waals surface area contributed by atoms with Gasteiger partial charge >= 0.3 is 0 Å². The van der Waals surface area contributed by atoms with Crippen LogP contribution in [0.2, 0.25) is 0 Å². The lowest BCUT2D eigenvalue weighted by Crippen LogP contribution is -1.97. The lowest BCUT2D eigenvalue weighted by atomic mass is 10.0. The average Bonchev–Trinajstić information content (AvgIpc) is 2.75. The van der Waals surface area contributed by atoms with E-state index in [4.69, 9.17) is 0 Å². The Morgan fingerprint density at radius 2 is 2.12 bits per heavy atom. The number of aryl methyl sites for hydroxylation is 1. The van der Waals surface area contributed by atoms with Gasteiger partial charge in [0.05, 0.1) is 3.79 Å². The first-order valence-electron chi connectivity index (χ1n) is 5.23. The van der Waals surface area contributed by atoms with Gasteiger partial charge in [0.1, 0.15) is 6.10 Å². The molecular weight excluding hydrogens is 284 g/mol. The van der Waals surface area contributed by atoms with E-state index in [-0.39, 0.29) is 0 Å². The van der Waals surface area contributed by atoms with Crippen LogP contribution in [0, 0.1) is 0 Å². The van der Waals surface area contributed by atoms with E-state index in [2.05, 4.69) is 35.0 Å². The molecule has 0 aliphatic rings. The second-order valence-corrected chi connectivity index (χ2v) is 6.14. The predicted molar refractivity (Wildman–Crippen MR) is 71.9 cm³/mol. The Morgan fingerprint density at radius 1 is 1.31 bits per heavy atom. The minimum atomic E-state index is -0.511. The van der Waals surface area contributed by atoms with E-state index in [1.807, 2.05) is 24.3 Å². The number of rotatable bonds is 3. The van der Waals surface area contributed by atoms with Crippen LogP contribution < -0.4 is 0 Å². The van der Waals surface area contributed by atoms with Crippen LogP contribution in [0.3, 0.4) is 0 Å². The Hall–Kier alpha value is -0.640. The number of halogens is 1. The Balaban J connectivity index is 2.29. The highest BCUT2D eigenvalue weighted by Gasteiger charge is 2.12. The van der Waals surface area contributed by atoms with Crippen molar-refractivity contribution in [1.29, 1.82) is 0 Å². The maximum absolute atomic E-state index is 10.2. The molecule has 1 nitrogen and oxygen atoms in total. The molecule has 1 unspecified atom stereocenters. The first kappa shape index (κ1) is 11.8. The van der Waals surface area contributed by atoms with Gasteiger partial charge in [0.25, 0.3) is 0 Å². The van der Waals surface area contributed by atoms with Crippen molar-refractivity contribution in [2.75, 3.05) is 0 Å². The molecule has 1 heterocycles. The van der Waals surface area contributed by atoms with Crippen LogP contribution in [0.4, 0.5) is 0 Å². The van der Waals surface area contributed by atoms with Crippen LogP contribution in [0.1, 0.15) is 29.0 Å². The molecular formula is C13H13BrOS. The smallest absolute Gasteiger partial charge is 0.113 e. The van der Waals surface area contributed by atoms with Crippen molar-refractivity contribution in [3.05, 3.63) is 56.2 Å². The number of aliphatic hydroxyl groups is 1. The third-order valence-electron chi connectivity index (χ3n) is 2.54. The molecule has 0 aliphatic carbocycles. The molecule has 0 saturated carbocycles. The highest BCUT2D eigenvalue weighted by molar-refractivity contribution is 9.11. The van der Waals surface area contributed by atoms with Crippen LogP contribution in [-0.4, -0.2) is 5.11 Å². The van der Waals surface area contributed by atoms with Gasteiger partial charge < -0.3 is 5.11 Å². The van der Waals surface area contributed by atoms with Crippen LogP contribution in [-0.2, 0) is 6.42 Å². The molecule has 1 aromatic carbocycles. The summed E-state index contributed by atoms with van der Waals surface area (Å²) < 4.78 is 1.05. The van der Waals surface area contributed by atoms with Gasteiger partial charge in [-0.05, 0) is 45.6 Å². The first-order valence-corrected chi connectivity index (χ1v) is 6.83. The highest BCUT2D eigenvalue weighted by Crippen LogP contribution is 2.31. The molecule has 1 aromatic heterocycles. The van der Waals surface area contributed by atoms with E-state index in [0.29, 0.717) is 0 Å². The normalized spacial score (nSPS) is 12.7. The number of benzene rings is 1. The molecule has 0 radical (unpaired) electrons. The summed E-state index contributed by atoms with van der Waals surface area (Å²) in [6.07, 6.45) is 0.483. The molecule has 0 aliphatic heterocycles. The second kappa shape index (κ2) is 5.13. The zero-order valence-electron chi connectivity index (χ0n) is 8.98. The Labute approximate surface area is 108 Å². The predicted octanol–water partition coefficient (Wildman–Crippen LogP) is 4.15. The topological polar surface area (TPSA) is 20.2 Å². The molecule has 1 atom stereocenters. The molecule has 2 aromatic rings. The third kappa shape index (κ3) is 2.54. The minimum absolute atomic E-state index is 0.511. The van der Waals surface area contributed by atoms with Crippen molar-refractivity contribution < 1.29 is 5.11 Å². The number of thiophene rings is 1. The minimum Gasteiger partial charge on any atom is -0.383 e. The fourth-order valence-electron chi connectivity index (χ4n) is 1.62. The van der Waals surface area contributed by atoms with Crippen LogP contribution in [0.5, 0.6) is 0 Å². The number of hydrogen-bond acceptors (Lipinski definition) is 2. The Kier molecular flexibility index (Phi) is 3.79. The summed E-state index contributed by atoms with van der Waals surface area (Å²) >= 11 is 4.98. The summed E-state index contributed by atoms with van der Waals surface area (Å²) in [4.78, 5) is 0.972. The van der Waals surface area contributed by atoms with E-state index >= 15 is 0 Å². The van der Waals surface area contributed by atoms with Gasteiger partial charge in [-0.25, -0.2) is 0 Å². The SMILES string of the molecule is CCc1cccc(C(O)c2ccc(Br)s2)c1. The van der Waals surface area contributed by atoms with Gasteiger partial charge in [-0.1, -0.05) is 31.2 Å². The molecule has 3 heteroatoms. The van der Waals surface area contributed by atoms with Crippen LogP contribution >= 0.6 is 27.3 Å². The summed E-state index contributed by atoms with van der Waals surface area (Å²) in [5.74, 6) is 0. The van der Waals surface area contributed by atoms with Crippen LogP contribution in [0.25, 0.3) is 0 Å². The summed E-state index contributed by atoms with van der Waals surface area (Å²) in [6, 6.07) is 12.0. The maximum atomic E-state index is 10.2. The maximum Gasteiger partial charge on any atom is 0.113 e. The largest absolute Gasteiger partial charge is 0.383 e. The number of aliphatic hydroxyl groups excluding tert-OH is 1. The van der Waals surface area contributed by atoms with Crippen molar-refractivity contribution in [2.24, 2.45) is 0 Å². The fourth-order valence-corrected chi connectivity index (χ4v) is 3.06. The number of hydrogen-bond donors (Lipinski definition) is 1. The van der Waals surface area contributed by atoms with Gasteiger partial charge in [-0.3, -0.25) is 0 Å². The van der Waals surface area contributed by atoms with Crippen molar-refractivity contribution in [1.82, 2.24) is 0 Å². The van der Waals surface area contributed by atoms with Crippen LogP contribution in [0.15, 0.2) is 40.2 Å².